The molecule has 0 aromatic heterocycles. The average Bonchev–Trinajstić information content (AvgIpc) is 2.28. The van der Waals surface area contributed by atoms with E-state index < -0.39 is 0 Å². The molecule has 70 valence electrons. The third-order valence-corrected chi connectivity index (χ3v) is 4.51. The maximum atomic E-state index is 10.1. The van der Waals surface area contributed by atoms with Crippen molar-refractivity contribution in [3.8, 4) is 0 Å². The summed E-state index contributed by atoms with van der Waals surface area (Å²) >= 11 is 3.00. The van der Waals surface area contributed by atoms with Gasteiger partial charge in [0.05, 0.1) is 4.08 Å². The van der Waals surface area contributed by atoms with Crippen molar-refractivity contribution in [2.24, 2.45) is 9.98 Å². The summed E-state index contributed by atoms with van der Waals surface area (Å²) in [6.07, 6.45) is 2.97. The Morgan fingerprint density at radius 1 is 1.08 bits per heavy atom. The normalized spacial score (nSPS) is 30.3. The highest BCUT2D eigenvalue weighted by molar-refractivity contribution is 8.22. The summed E-state index contributed by atoms with van der Waals surface area (Å²) in [5, 5.41) is -0.613. The summed E-state index contributed by atoms with van der Waals surface area (Å²) in [6, 6.07) is 0. The Morgan fingerprint density at radius 2 is 1.46 bits per heavy atom. The van der Waals surface area contributed by atoms with E-state index in [9.17, 15) is 9.59 Å². The number of aliphatic imine (C=N–C) groups is 2. The van der Waals surface area contributed by atoms with Gasteiger partial charge in [0.2, 0.25) is 12.2 Å². The molecule has 0 saturated carbocycles. The molecule has 0 spiro atoms. The molecule has 2 unspecified atom stereocenters. The first-order valence-electron chi connectivity index (χ1n) is 3.58. The minimum atomic E-state index is -0.307. The Morgan fingerprint density at radius 3 is 1.77 bits per heavy atom. The summed E-state index contributed by atoms with van der Waals surface area (Å²) in [4.78, 5) is 27.3. The topological polar surface area (TPSA) is 58.9 Å². The number of rotatable bonds is 2. The number of hydrogen-bond donors (Lipinski definition) is 0. The number of carbonyl (C=O) groups excluding carboxylic acids is 2. The molecule has 1 fully saturated rings. The highest BCUT2D eigenvalue weighted by atomic mass is 32.2. The maximum absolute atomic E-state index is 10.1. The lowest BCUT2D eigenvalue weighted by Gasteiger charge is -2.12. The van der Waals surface area contributed by atoms with Gasteiger partial charge in [-0.1, -0.05) is 0 Å². The van der Waals surface area contributed by atoms with E-state index in [2.05, 4.69) is 9.98 Å². The molecule has 1 saturated heterocycles. The van der Waals surface area contributed by atoms with Gasteiger partial charge in [0.15, 0.2) is 0 Å². The zero-order valence-corrected chi connectivity index (χ0v) is 8.82. The number of hydrogen-bond acceptors (Lipinski definition) is 6. The molecule has 2 atom stereocenters. The lowest BCUT2D eigenvalue weighted by atomic mass is 10.5. The van der Waals surface area contributed by atoms with Gasteiger partial charge in [-0.05, 0) is 13.8 Å². The van der Waals surface area contributed by atoms with Crippen molar-refractivity contribution in [3.05, 3.63) is 0 Å². The summed E-state index contributed by atoms with van der Waals surface area (Å²) in [7, 11) is 0. The molecule has 0 aromatic rings. The number of nitrogens with zero attached hydrogens (tertiary/aromatic N) is 2. The van der Waals surface area contributed by atoms with Crippen molar-refractivity contribution in [3.63, 3.8) is 0 Å². The largest absolute Gasteiger partial charge is 0.236 e. The fourth-order valence-corrected chi connectivity index (χ4v) is 3.87. The van der Waals surface area contributed by atoms with Gasteiger partial charge in [0.25, 0.3) is 0 Å². The van der Waals surface area contributed by atoms with Crippen LogP contribution in [0, 0.1) is 0 Å². The minimum Gasteiger partial charge on any atom is -0.211 e. The second-order valence-corrected chi connectivity index (χ2v) is 6.59. The van der Waals surface area contributed by atoms with Crippen LogP contribution in [-0.2, 0) is 9.59 Å². The molecule has 0 radical (unpaired) electrons. The van der Waals surface area contributed by atoms with E-state index in [-0.39, 0.29) is 14.8 Å². The molecule has 0 bridgehead atoms. The van der Waals surface area contributed by atoms with Crippen molar-refractivity contribution in [1.29, 1.82) is 0 Å². The highest BCUT2D eigenvalue weighted by Crippen LogP contribution is 2.52. The Hall–Kier alpha value is -0.540. The lowest BCUT2D eigenvalue weighted by Crippen LogP contribution is -2.08. The van der Waals surface area contributed by atoms with Gasteiger partial charge in [-0.3, -0.25) is 0 Å². The minimum absolute atomic E-state index is 0.0734. The van der Waals surface area contributed by atoms with E-state index in [0.29, 0.717) is 0 Å². The molecule has 6 heteroatoms. The van der Waals surface area contributed by atoms with Crippen molar-refractivity contribution in [2.75, 3.05) is 0 Å². The molecule has 0 aliphatic carbocycles. The van der Waals surface area contributed by atoms with Crippen LogP contribution in [0.1, 0.15) is 13.8 Å². The first kappa shape index (κ1) is 10.5. The van der Waals surface area contributed by atoms with Gasteiger partial charge in [-0.2, -0.15) is 9.98 Å². The van der Waals surface area contributed by atoms with Crippen LogP contribution in [-0.4, -0.2) is 27.0 Å². The third-order valence-electron chi connectivity index (χ3n) is 1.41. The SMILES string of the molecule is CC1(C)SC(N=C=O)C(N=C=O)S1. The standard InChI is InChI=1S/C7H8N2O2S2/c1-7(2)12-5(8-3-10)6(13-7)9-4-11/h5-6H,1-2H3. The van der Waals surface area contributed by atoms with Gasteiger partial charge >= 0.3 is 0 Å². The average molecular weight is 216 g/mol. The van der Waals surface area contributed by atoms with Crippen LogP contribution in [0.25, 0.3) is 0 Å². The van der Waals surface area contributed by atoms with E-state index in [1.807, 2.05) is 13.8 Å². The molecule has 1 aliphatic heterocycles. The van der Waals surface area contributed by atoms with E-state index in [1.54, 1.807) is 0 Å². The smallest absolute Gasteiger partial charge is 0.211 e. The monoisotopic (exact) mass is 216 g/mol. The van der Waals surface area contributed by atoms with Crippen LogP contribution in [0.2, 0.25) is 0 Å². The van der Waals surface area contributed by atoms with Crippen LogP contribution in [0.3, 0.4) is 0 Å². The second-order valence-electron chi connectivity index (χ2n) is 2.86. The molecule has 13 heavy (non-hydrogen) atoms. The maximum Gasteiger partial charge on any atom is 0.236 e. The Bertz CT molecular complexity index is 265. The Kier molecular flexibility index (Phi) is 3.33. The fraction of sp³-hybridized carbons (Fsp3) is 0.714. The highest BCUT2D eigenvalue weighted by Gasteiger charge is 2.41. The molecule has 4 nitrogen and oxygen atoms in total. The van der Waals surface area contributed by atoms with E-state index in [1.165, 1.54) is 35.7 Å². The molecule has 0 amide bonds. The van der Waals surface area contributed by atoms with Crippen LogP contribution in [0.15, 0.2) is 9.98 Å². The van der Waals surface area contributed by atoms with Crippen LogP contribution >= 0.6 is 23.5 Å². The van der Waals surface area contributed by atoms with Crippen molar-refractivity contribution >= 4 is 35.7 Å². The fourth-order valence-electron chi connectivity index (χ4n) is 1.01. The number of thioether (sulfide) groups is 2. The lowest BCUT2D eigenvalue weighted by molar-refractivity contribution is 0.558. The number of isocyanates is 2. The first-order valence-corrected chi connectivity index (χ1v) is 5.34. The molecule has 0 aromatic carbocycles. The summed E-state index contributed by atoms with van der Waals surface area (Å²) in [6.45, 7) is 3.99. The van der Waals surface area contributed by atoms with Crippen molar-refractivity contribution in [2.45, 2.75) is 28.7 Å². The third kappa shape index (κ3) is 2.71. The van der Waals surface area contributed by atoms with Gasteiger partial charge in [-0.25, -0.2) is 9.59 Å². The van der Waals surface area contributed by atoms with E-state index >= 15 is 0 Å². The van der Waals surface area contributed by atoms with Crippen LogP contribution in [0.4, 0.5) is 0 Å². The molecule has 0 N–H and O–H groups in total. The summed E-state index contributed by atoms with van der Waals surface area (Å²) < 4.78 is -0.0734. The van der Waals surface area contributed by atoms with Crippen molar-refractivity contribution < 1.29 is 9.59 Å². The first-order chi connectivity index (χ1) is 6.09. The molecular formula is C7H8N2O2S2. The van der Waals surface area contributed by atoms with Gasteiger partial charge in [-0.15, -0.1) is 23.5 Å². The Balaban J connectivity index is 2.82. The second kappa shape index (κ2) is 4.11. The molecular weight excluding hydrogens is 208 g/mol. The van der Waals surface area contributed by atoms with Gasteiger partial charge in [0.1, 0.15) is 10.7 Å². The van der Waals surface area contributed by atoms with Gasteiger partial charge < -0.3 is 0 Å². The van der Waals surface area contributed by atoms with Crippen molar-refractivity contribution in [1.82, 2.24) is 0 Å². The quantitative estimate of drug-likeness (QED) is 0.519. The molecule has 1 aliphatic rings. The Labute approximate surface area is 84.3 Å². The van der Waals surface area contributed by atoms with E-state index in [0.717, 1.165) is 0 Å². The zero-order valence-electron chi connectivity index (χ0n) is 7.18. The van der Waals surface area contributed by atoms with Gasteiger partial charge in [0, 0.05) is 0 Å². The van der Waals surface area contributed by atoms with Crippen LogP contribution in [0.5, 0.6) is 0 Å². The van der Waals surface area contributed by atoms with Crippen LogP contribution < -0.4 is 0 Å². The zero-order chi connectivity index (χ0) is 9.90. The van der Waals surface area contributed by atoms with E-state index in [4.69, 9.17) is 0 Å². The molecule has 1 rings (SSSR count). The predicted molar refractivity (Wildman–Crippen MR) is 53.1 cm³/mol. The predicted octanol–water partition coefficient (Wildman–Crippen LogP) is 1.53. The molecule has 1 heterocycles. The summed E-state index contributed by atoms with van der Waals surface area (Å²) in [5.74, 6) is 0. The summed E-state index contributed by atoms with van der Waals surface area (Å²) in [5.41, 5.74) is 0.